The van der Waals surface area contributed by atoms with E-state index >= 15 is 0 Å². The molecule has 0 fully saturated rings. The van der Waals surface area contributed by atoms with E-state index in [4.69, 9.17) is 23.2 Å². The predicted molar refractivity (Wildman–Crippen MR) is 118 cm³/mol. The molecular weight excluding hydrogens is 425 g/mol. The summed E-state index contributed by atoms with van der Waals surface area (Å²) < 4.78 is 3.01. The van der Waals surface area contributed by atoms with E-state index in [-0.39, 0.29) is 29.5 Å². The third-order valence-corrected chi connectivity index (χ3v) is 5.46. The number of hydrogen-bond acceptors (Lipinski definition) is 4. The number of halogens is 2. The fourth-order valence-electron chi connectivity index (χ4n) is 3.02. The summed E-state index contributed by atoms with van der Waals surface area (Å²) >= 11 is 12.0. The first-order valence-corrected chi connectivity index (χ1v) is 9.94. The monoisotopic (exact) mass is 441 g/mol. The summed E-state index contributed by atoms with van der Waals surface area (Å²) in [6.07, 6.45) is 2.99. The van der Waals surface area contributed by atoms with Crippen molar-refractivity contribution in [2.75, 3.05) is 5.32 Å². The second kappa shape index (κ2) is 8.30. The molecule has 4 rings (SSSR count). The third kappa shape index (κ3) is 3.94. The van der Waals surface area contributed by atoms with Crippen LogP contribution in [0.3, 0.4) is 0 Å². The first-order chi connectivity index (χ1) is 14.4. The van der Waals surface area contributed by atoms with Crippen molar-refractivity contribution in [1.82, 2.24) is 19.3 Å². The van der Waals surface area contributed by atoms with Gasteiger partial charge in [-0.2, -0.15) is 5.10 Å². The van der Waals surface area contributed by atoms with Gasteiger partial charge in [0.1, 0.15) is 5.39 Å². The molecule has 2 aromatic heterocycles. The molecule has 4 aromatic rings. The highest BCUT2D eigenvalue weighted by atomic mass is 35.5. The number of benzene rings is 2. The van der Waals surface area contributed by atoms with Crippen molar-refractivity contribution in [3.63, 3.8) is 0 Å². The van der Waals surface area contributed by atoms with Gasteiger partial charge in [-0.25, -0.2) is 9.67 Å². The molecule has 0 atom stereocenters. The highest BCUT2D eigenvalue weighted by molar-refractivity contribution is 6.43. The van der Waals surface area contributed by atoms with Crippen molar-refractivity contribution in [2.45, 2.75) is 19.9 Å². The van der Waals surface area contributed by atoms with Gasteiger partial charge in [-0.3, -0.25) is 14.2 Å². The maximum atomic E-state index is 12.8. The van der Waals surface area contributed by atoms with Crippen LogP contribution >= 0.6 is 23.2 Å². The number of anilines is 1. The van der Waals surface area contributed by atoms with Crippen LogP contribution in [-0.2, 0) is 11.3 Å². The van der Waals surface area contributed by atoms with Gasteiger partial charge < -0.3 is 5.32 Å². The Hall–Kier alpha value is -3.16. The zero-order chi connectivity index (χ0) is 21.3. The molecule has 152 valence electrons. The maximum absolute atomic E-state index is 12.8. The molecule has 2 aromatic carbocycles. The molecule has 2 heterocycles. The molecule has 1 N–H and O–H groups in total. The molecule has 0 aliphatic heterocycles. The van der Waals surface area contributed by atoms with Gasteiger partial charge in [0.15, 0.2) is 5.65 Å². The largest absolute Gasteiger partial charge is 0.325 e. The van der Waals surface area contributed by atoms with Gasteiger partial charge in [0.25, 0.3) is 5.56 Å². The molecule has 0 saturated heterocycles. The van der Waals surface area contributed by atoms with Crippen LogP contribution in [0.15, 0.2) is 59.8 Å². The Morgan fingerprint density at radius 2 is 1.90 bits per heavy atom. The van der Waals surface area contributed by atoms with Gasteiger partial charge in [0.05, 0.1) is 33.9 Å². The first kappa shape index (κ1) is 20.1. The molecule has 30 heavy (non-hydrogen) atoms. The van der Waals surface area contributed by atoms with E-state index in [1.165, 1.54) is 17.1 Å². The summed E-state index contributed by atoms with van der Waals surface area (Å²) in [6, 6.07) is 12.8. The van der Waals surface area contributed by atoms with Crippen molar-refractivity contribution in [1.29, 1.82) is 0 Å². The van der Waals surface area contributed by atoms with Gasteiger partial charge in [-0.1, -0.05) is 47.0 Å². The lowest BCUT2D eigenvalue weighted by Crippen LogP contribution is -2.23. The summed E-state index contributed by atoms with van der Waals surface area (Å²) in [5.41, 5.74) is 2.58. The Morgan fingerprint density at radius 1 is 1.13 bits per heavy atom. The van der Waals surface area contributed by atoms with E-state index in [0.29, 0.717) is 21.7 Å². The van der Waals surface area contributed by atoms with Gasteiger partial charge in [-0.15, -0.1) is 0 Å². The quantitative estimate of drug-likeness (QED) is 0.502. The second-order valence-corrected chi connectivity index (χ2v) is 7.56. The number of aromatic nitrogens is 4. The number of nitrogens with one attached hydrogen (secondary N) is 1. The van der Waals surface area contributed by atoms with Crippen molar-refractivity contribution >= 4 is 45.8 Å². The summed E-state index contributed by atoms with van der Waals surface area (Å²) in [4.78, 5) is 29.5. The molecule has 9 heteroatoms. The molecule has 0 unspecified atom stereocenters. The van der Waals surface area contributed by atoms with Crippen molar-refractivity contribution in [3.05, 3.63) is 81.0 Å². The molecule has 0 spiro atoms. The number of carbonyl (C=O) groups is 1. The molecule has 7 nitrogen and oxygen atoms in total. The minimum Gasteiger partial charge on any atom is -0.325 e. The highest BCUT2D eigenvalue weighted by Gasteiger charge is 2.13. The Balaban J connectivity index is 1.52. The second-order valence-electron chi connectivity index (χ2n) is 6.77. The SMILES string of the molecule is Cc1ccc(-n2ncc3c(=O)n(CCC(=O)Nc4cccc(Cl)c4Cl)cnc32)cc1. The van der Waals surface area contributed by atoms with Crippen molar-refractivity contribution in [2.24, 2.45) is 0 Å². The molecule has 0 aliphatic rings. The maximum Gasteiger partial charge on any atom is 0.264 e. The molecule has 0 radical (unpaired) electrons. The topological polar surface area (TPSA) is 81.8 Å². The number of fused-ring (bicyclic) bond motifs is 1. The molecule has 1 amide bonds. The van der Waals surface area contributed by atoms with Crippen LogP contribution in [-0.4, -0.2) is 25.2 Å². The Labute approximate surface area is 181 Å². The molecule has 0 saturated carbocycles. The number of rotatable bonds is 5. The zero-order valence-corrected chi connectivity index (χ0v) is 17.5. The molecular formula is C21H17Cl2N5O2. The number of amides is 1. The van der Waals surface area contributed by atoms with Gasteiger partial charge in [0, 0.05) is 13.0 Å². The van der Waals surface area contributed by atoms with Crippen molar-refractivity contribution < 1.29 is 4.79 Å². The predicted octanol–water partition coefficient (Wildman–Crippen LogP) is 4.23. The van der Waals surface area contributed by atoms with Crippen LogP contribution < -0.4 is 10.9 Å². The minimum absolute atomic E-state index is 0.0715. The van der Waals surface area contributed by atoms with E-state index in [9.17, 15) is 9.59 Å². The number of nitrogens with zero attached hydrogens (tertiary/aromatic N) is 4. The van der Waals surface area contributed by atoms with Crippen LogP contribution in [0.5, 0.6) is 0 Å². The van der Waals surface area contributed by atoms with Crippen LogP contribution in [0, 0.1) is 6.92 Å². The fraction of sp³-hybridized carbons (Fsp3) is 0.143. The van der Waals surface area contributed by atoms with Gasteiger partial charge in [0.2, 0.25) is 5.91 Å². The Bertz CT molecular complexity index is 1300. The van der Waals surface area contributed by atoms with Crippen LogP contribution in [0.1, 0.15) is 12.0 Å². The fourth-order valence-corrected chi connectivity index (χ4v) is 3.37. The van der Waals surface area contributed by atoms with Crippen LogP contribution in [0.2, 0.25) is 10.0 Å². The number of aryl methyl sites for hydroxylation is 2. The highest BCUT2D eigenvalue weighted by Crippen LogP contribution is 2.29. The standard InChI is InChI=1S/C21H17Cl2N5O2/c1-13-5-7-14(8-6-13)28-20-15(11-25-28)21(30)27(12-24-20)10-9-18(29)26-17-4-2-3-16(22)19(17)23/h2-8,11-12H,9-10H2,1H3,(H,26,29). The lowest BCUT2D eigenvalue weighted by Gasteiger charge is -2.09. The zero-order valence-electron chi connectivity index (χ0n) is 16.0. The van der Waals surface area contributed by atoms with E-state index < -0.39 is 0 Å². The summed E-state index contributed by atoms with van der Waals surface area (Å²) in [7, 11) is 0. The summed E-state index contributed by atoms with van der Waals surface area (Å²) in [5, 5.41) is 8.01. The smallest absolute Gasteiger partial charge is 0.264 e. The average Bonchev–Trinajstić information content (AvgIpc) is 3.16. The average molecular weight is 442 g/mol. The summed E-state index contributed by atoms with van der Waals surface area (Å²) in [6.45, 7) is 2.17. The van der Waals surface area contributed by atoms with E-state index in [2.05, 4.69) is 15.4 Å². The normalized spacial score (nSPS) is 11.0. The summed E-state index contributed by atoms with van der Waals surface area (Å²) in [5.74, 6) is -0.290. The molecule has 0 bridgehead atoms. The van der Waals surface area contributed by atoms with Crippen LogP contribution in [0.25, 0.3) is 16.7 Å². The van der Waals surface area contributed by atoms with Gasteiger partial charge >= 0.3 is 0 Å². The molecule has 0 aliphatic carbocycles. The van der Waals surface area contributed by atoms with E-state index in [1.54, 1.807) is 22.9 Å². The van der Waals surface area contributed by atoms with Crippen molar-refractivity contribution in [3.8, 4) is 5.69 Å². The lowest BCUT2D eigenvalue weighted by atomic mass is 10.2. The van der Waals surface area contributed by atoms with Crippen LogP contribution in [0.4, 0.5) is 5.69 Å². The Kier molecular flexibility index (Phi) is 5.57. The van der Waals surface area contributed by atoms with Gasteiger partial charge in [-0.05, 0) is 31.2 Å². The minimum atomic E-state index is -0.290. The van der Waals surface area contributed by atoms with E-state index in [0.717, 1.165) is 11.3 Å². The third-order valence-electron chi connectivity index (χ3n) is 4.64. The number of hydrogen-bond donors (Lipinski definition) is 1. The Morgan fingerprint density at radius 3 is 2.67 bits per heavy atom. The van der Waals surface area contributed by atoms with E-state index in [1.807, 2.05) is 31.2 Å². The lowest BCUT2D eigenvalue weighted by molar-refractivity contribution is -0.116. The number of carbonyl (C=O) groups excluding carboxylic acids is 1. The first-order valence-electron chi connectivity index (χ1n) is 9.18.